The van der Waals surface area contributed by atoms with Crippen LogP contribution in [0.5, 0.6) is 0 Å². The van der Waals surface area contributed by atoms with Crippen LogP contribution in [0.25, 0.3) is 0 Å². The molecule has 5 nitrogen and oxygen atoms in total. The lowest BCUT2D eigenvalue weighted by molar-refractivity contribution is -0.149. The monoisotopic (exact) mass is 402 g/mol. The number of rotatable bonds is 21. The summed E-state index contributed by atoms with van der Waals surface area (Å²) in [4.78, 5) is 11.8. The number of aliphatic hydroxyl groups excluding tert-OH is 3. The summed E-state index contributed by atoms with van der Waals surface area (Å²) in [6.07, 6.45) is 18.0. The molecule has 0 unspecified atom stereocenters. The number of hydrogen-bond acceptors (Lipinski definition) is 5. The summed E-state index contributed by atoms with van der Waals surface area (Å²) >= 11 is 0. The van der Waals surface area contributed by atoms with Gasteiger partial charge in [0, 0.05) is 13.0 Å². The van der Waals surface area contributed by atoms with Crippen LogP contribution in [0.3, 0.4) is 0 Å². The molecule has 28 heavy (non-hydrogen) atoms. The van der Waals surface area contributed by atoms with Gasteiger partial charge in [-0.05, 0) is 19.3 Å². The van der Waals surface area contributed by atoms with Gasteiger partial charge in [0.05, 0.1) is 18.6 Å². The van der Waals surface area contributed by atoms with Gasteiger partial charge in [0.15, 0.2) is 0 Å². The van der Waals surface area contributed by atoms with Crippen LogP contribution in [0.4, 0.5) is 0 Å². The molecule has 0 amide bonds. The summed E-state index contributed by atoms with van der Waals surface area (Å²) in [6.45, 7) is 1.97. The summed E-state index contributed by atoms with van der Waals surface area (Å²) in [5.74, 6) is -0.226. The minimum absolute atomic E-state index is 0.0952. The lowest BCUT2D eigenvalue weighted by Crippen LogP contribution is -2.35. The first-order valence-electron chi connectivity index (χ1n) is 11.6. The fraction of sp³-hybridized carbons (Fsp3) is 0.957. The van der Waals surface area contributed by atoms with Gasteiger partial charge in [0.25, 0.3) is 0 Å². The Balaban J connectivity index is 3.36. The molecular weight excluding hydrogens is 356 g/mol. The standard InChI is InChI=1S/C23H46O5/c1-2-23(19-25,20-26)21-28-22(27)17-15-13-11-9-7-5-3-4-6-8-10-12-14-16-18-24/h24-26H,2-21H2,1H3. The first kappa shape index (κ1) is 27.4. The molecule has 0 aromatic heterocycles. The van der Waals surface area contributed by atoms with E-state index in [1.807, 2.05) is 6.92 Å². The SMILES string of the molecule is CCC(CO)(CO)COC(=O)CCCCCCCCCCCCCCCCO. The van der Waals surface area contributed by atoms with Crippen molar-refractivity contribution in [2.75, 3.05) is 26.4 Å². The Hall–Kier alpha value is -0.650. The van der Waals surface area contributed by atoms with Gasteiger partial charge in [-0.2, -0.15) is 0 Å². The van der Waals surface area contributed by atoms with Crippen molar-refractivity contribution in [3.63, 3.8) is 0 Å². The molecule has 0 saturated heterocycles. The van der Waals surface area contributed by atoms with E-state index in [2.05, 4.69) is 0 Å². The fourth-order valence-corrected chi connectivity index (χ4v) is 3.28. The van der Waals surface area contributed by atoms with Crippen LogP contribution >= 0.6 is 0 Å². The van der Waals surface area contributed by atoms with E-state index in [4.69, 9.17) is 9.84 Å². The average Bonchev–Trinajstić information content (AvgIpc) is 2.72. The van der Waals surface area contributed by atoms with Gasteiger partial charge in [0.1, 0.15) is 6.61 Å². The van der Waals surface area contributed by atoms with E-state index in [0.29, 0.717) is 19.4 Å². The van der Waals surface area contributed by atoms with Crippen molar-refractivity contribution < 1.29 is 24.9 Å². The van der Waals surface area contributed by atoms with Crippen LogP contribution in [0.1, 0.15) is 110 Å². The maximum atomic E-state index is 11.8. The Kier molecular flexibility index (Phi) is 19.2. The molecule has 0 aromatic rings. The fourth-order valence-electron chi connectivity index (χ4n) is 3.28. The number of aliphatic hydroxyl groups is 3. The Labute approximate surface area is 172 Å². The van der Waals surface area contributed by atoms with Gasteiger partial charge in [-0.15, -0.1) is 0 Å². The summed E-state index contributed by atoms with van der Waals surface area (Å²) in [5, 5.41) is 27.4. The number of ether oxygens (including phenoxy) is 1. The van der Waals surface area contributed by atoms with E-state index in [0.717, 1.165) is 19.3 Å². The molecule has 0 rings (SSSR count). The predicted octanol–water partition coefficient (Wildman–Crippen LogP) is 4.75. The Morgan fingerprint density at radius 1 is 0.679 bits per heavy atom. The number of hydrogen-bond donors (Lipinski definition) is 3. The second-order valence-electron chi connectivity index (χ2n) is 8.25. The van der Waals surface area contributed by atoms with Crippen LogP contribution in [0.15, 0.2) is 0 Å². The molecular formula is C23H46O5. The van der Waals surface area contributed by atoms with Crippen LogP contribution < -0.4 is 0 Å². The van der Waals surface area contributed by atoms with Crippen LogP contribution in [0.2, 0.25) is 0 Å². The Morgan fingerprint density at radius 2 is 1.07 bits per heavy atom. The highest BCUT2D eigenvalue weighted by atomic mass is 16.5. The highest BCUT2D eigenvalue weighted by molar-refractivity contribution is 5.69. The van der Waals surface area contributed by atoms with E-state index >= 15 is 0 Å². The van der Waals surface area contributed by atoms with Crippen molar-refractivity contribution >= 4 is 5.97 Å². The van der Waals surface area contributed by atoms with Crippen molar-refractivity contribution in [2.24, 2.45) is 5.41 Å². The predicted molar refractivity (Wildman–Crippen MR) is 114 cm³/mol. The lowest BCUT2D eigenvalue weighted by atomic mass is 9.88. The minimum atomic E-state index is -0.699. The first-order chi connectivity index (χ1) is 13.6. The molecule has 0 heterocycles. The zero-order valence-electron chi connectivity index (χ0n) is 18.3. The minimum Gasteiger partial charge on any atom is -0.465 e. The summed E-state index contributed by atoms with van der Waals surface area (Å²) in [5.41, 5.74) is -0.699. The molecule has 0 saturated carbocycles. The second kappa shape index (κ2) is 19.7. The zero-order valence-corrected chi connectivity index (χ0v) is 18.3. The van der Waals surface area contributed by atoms with E-state index in [1.165, 1.54) is 70.6 Å². The number of esters is 1. The normalized spacial score (nSPS) is 11.7. The molecule has 0 aliphatic carbocycles. The highest BCUT2D eigenvalue weighted by Gasteiger charge is 2.28. The van der Waals surface area contributed by atoms with Crippen LogP contribution in [-0.2, 0) is 9.53 Å². The molecule has 0 spiro atoms. The topological polar surface area (TPSA) is 87.0 Å². The third kappa shape index (κ3) is 15.3. The van der Waals surface area contributed by atoms with Gasteiger partial charge in [-0.1, -0.05) is 84.0 Å². The van der Waals surface area contributed by atoms with Gasteiger partial charge >= 0.3 is 5.97 Å². The molecule has 3 N–H and O–H groups in total. The van der Waals surface area contributed by atoms with Gasteiger partial charge < -0.3 is 20.1 Å². The van der Waals surface area contributed by atoms with Crippen LogP contribution in [-0.4, -0.2) is 47.7 Å². The van der Waals surface area contributed by atoms with Crippen LogP contribution in [0, 0.1) is 5.41 Å². The summed E-state index contributed by atoms with van der Waals surface area (Å²) in [7, 11) is 0. The number of carbonyl (C=O) groups is 1. The van der Waals surface area contributed by atoms with Crippen molar-refractivity contribution in [1.29, 1.82) is 0 Å². The Bertz CT molecular complexity index is 334. The van der Waals surface area contributed by atoms with Gasteiger partial charge in [-0.25, -0.2) is 0 Å². The molecule has 0 atom stereocenters. The van der Waals surface area contributed by atoms with Gasteiger partial charge in [-0.3, -0.25) is 4.79 Å². The van der Waals surface area contributed by atoms with E-state index < -0.39 is 5.41 Å². The largest absolute Gasteiger partial charge is 0.465 e. The molecule has 0 bridgehead atoms. The second-order valence-corrected chi connectivity index (χ2v) is 8.25. The van der Waals surface area contributed by atoms with Gasteiger partial charge in [0.2, 0.25) is 0 Å². The van der Waals surface area contributed by atoms with Crippen molar-refractivity contribution in [2.45, 2.75) is 110 Å². The average molecular weight is 403 g/mol. The molecule has 0 aliphatic rings. The first-order valence-corrected chi connectivity index (χ1v) is 11.6. The molecule has 5 heteroatoms. The summed E-state index contributed by atoms with van der Waals surface area (Å²) < 4.78 is 5.23. The smallest absolute Gasteiger partial charge is 0.305 e. The maximum Gasteiger partial charge on any atom is 0.305 e. The zero-order chi connectivity index (χ0) is 20.9. The summed E-state index contributed by atoms with van der Waals surface area (Å²) in [6, 6.07) is 0. The molecule has 0 radical (unpaired) electrons. The third-order valence-electron chi connectivity index (χ3n) is 5.75. The molecule has 0 fully saturated rings. The highest BCUT2D eigenvalue weighted by Crippen LogP contribution is 2.21. The molecule has 0 aliphatic heterocycles. The van der Waals surface area contributed by atoms with Crippen molar-refractivity contribution in [3.05, 3.63) is 0 Å². The number of unbranched alkanes of at least 4 members (excludes halogenated alkanes) is 13. The van der Waals surface area contributed by atoms with E-state index in [-0.39, 0.29) is 25.8 Å². The van der Waals surface area contributed by atoms with E-state index in [1.54, 1.807) is 0 Å². The lowest BCUT2D eigenvalue weighted by Gasteiger charge is -2.27. The quantitative estimate of drug-likeness (QED) is 0.190. The molecule has 0 aromatic carbocycles. The Morgan fingerprint density at radius 3 is 1.43 bits per heavy atom. The van der Waals surface area contributed by atoms with Crippen molar-refractivity contribution in [3.8, 4) is 0 Å². The molecule has 168 valence electrons. The third-order valence-corrected chi connectivity index (χ3v) is 5.75. The maximum absolute atomic E-state index is 11.8. The van der Waals surface area contributed by atoms with E-state index in [9.17, 15) is 15.0 Å². The number of carbonyl (C=O) groups excluding carboxylic acids is 1. The van der Waals surface area contributed by atoms with Crippen molar-refractivity contribution in [1.82, 2.24) is 0 Å².